The highest BCUT2D eigenvalue weighted by Gasteiger charge is 2.21. The lowest BCUT2D eigenvalue weighted by atomic mass is 10.1. The molecule has 4 heteroatoms. The number of imidazole rings is 1. The number of rotatable bonds is 3. The average molecular weight is 283 g/mol. The smallest absolute Gasteiger partial charge is 0.128 e. The molecule has 2 atom stereocenters. The van der Waals surface area contributed by atoms with Crippen molar-refractivity contribution in [3.8, 4) is 0 Å². The third-order valence-corrected chi connectivity index (χ3v) is 3.92. The molecule has 2 aromatic rings. The number of aryl methyl sites for hydroxylation is 1. The molecule has 0 amide bonds. The number of hydrogen-bond acceptors (Lipinski definition) is 1. The van der Waals surface area contributed by atoms with E-state index in [0.717, 1.165) is 11.3 Å². The molecule has 1 aromatic heterocycles. The van der Waals surface area contributed by atoms with Gasteiger partial charge in [-0.3, -0.25) is 0 Å². The van der Waals surface area contributed by atoms with Gasteiger partial charge in [-0.15, -0.1) is 11.6 Å². The summed E-state index contributed by atoms with van der Waals surface area (Å²) in [6.07, 6.45) is 0. The van der Waals surface area contributed by atoms with Crippen LogP contribution in [0.3, 0.4) is 0 Å². The van der Waals surface area contributed by atoms with Crippen LogP contribution in [0.1, 0.15) is 50.5 Å². The van der Waals surface area contributed by atoms with Gasteiger partial charge in [0.25, 0.3) is 0 Å². The van der Waals surface area contributed by atoms with Crippen LogP contribution in [0, 0.1) is 18.7 Å². The second kappa shape index (κ2) is 5.12. The molecule has 0 aliphatic heterocycles. The van der Waals surface area contributed by atoms with E-state index >= 15 is 0 Å². The minimum atomic E-state index is -0.219. The molecule has 104 valence electrons. The Morgan fingerprint density at radius 1 is 1.21 bits per heavy atom. The van der Waals surface area contributed by atoms with Crippen molar-refractivity contribution in [3.63, 3.8) is 0 Å². The van der Waals surface area contributed by atoms with E-state index in [0.29, 0.717) is 17.0 Å². The number of benzene rings is 1. The highest BCUT2D eigenvalue weighted by molar-refractivity contribution is 6.20. The monoisotopic (exact) mass is 282 g/mol. The molecule has 0 saturated carbocycles. The van der Waals surface area contributed by atoms with Gasteiger partial charge in [0.15, 0.2) is 0 Å². The predicted octanol–water partition coefficient (Wildman–Crippen LogP) is 5.00. The Labute approximate surface area is 118 Å². The maximum Gasteiger partial charge on any atom is 0.128 e. The number of halogens is 2. The number of alkyl halides is 1. The fourth-order valence-corrected chi connectivity index (χ4v) is 2.40. The predicted molar refractivity (Wildman–Crippen MR) is 78.2 cm³/mol. The summed E-state index contributed by atoms with van der Waals surface area (Å²) >= 11 is 6.23. The Hall–Kier alpha value is -1.09. The summed E-state index contributed by atoms with van der Waals surface area (Å²) in [7, 11) is 0. The molecule has 0 saturated heterocycles. The van der Waals surface area contributed by atoms with E-state index in [1.54, 1.807) is 6.92 Å². The molecule has 0 bridgehead atoms. The topological polar surface area (TPSA) is 17.8 Å². The van der Waals surface area contributed by atoms with Gasteiger partial charge in [0.05, 0.1) is 16.4 Å². The Kier molecular flexibility index (Phi) is 3.86. The van der Waals surface area contributed by atoms with Crippen LogP contribution in [0.25, 0.3) is 11.0 Å². The Bertz CT molecular complexity index is 602. The van der Waals surface area contributed by atoms with Gasteiger partial charge in [0.1, 0.15) is 11.6 Å². The lowest BCUT2D eigenvalue weighted by molar-refractivity contribution is 0.405. The van der Waals surface area contributed by atoms with Crippen LogP contribution in [0.4, 0.5) is 4.39 Å². The molecule has 2 rings (SSSR count). The van der Waals surface area contributed by atoms with E-state index in [2.05, 4.69) is 30.3 Å². The fraction of sp³-hybridized carbons (Fsp3) is 0.533. The molecule has 2 unspecified atom stereocenters. The van der Waals surface area contributed by atoms with Crippen LogP contribution < -0.4 is 0 Å². The van der Waals surface area contributed by atoms with Gasteiger partial charge in [-0.05, 0) is 38.3 Å². The first-order valence-corrected chi connectivity index (χ1v) is 7.08. The molecule has 1 heterocycles. The molecule has 0 spiro atoms. The van der Waals surface area contributed by atoms with Crippen LogP contribution in [0.2, 0.25) is 0 Å². The van der Waals surface area contributed by atoms with Crippen molar-refractivity contribution in [2.24, 2.45) is 5.92 Å². The third-order valence-electron chi connectivity index (χ3n) is 3.73. The van der Waals surface area contributed by atoms with Crippen LogP contribution in [-0.4, -0.2) is 9.55 Å². The van der Waals surface area contributed by atoms with Crippen LogP contribution in [0.15, 0.2) is 12.1 Å². The molecule has 0 fully saturated rings. The van der Waals surface area contributed by atoms with E-state index < -0.39 is 0 Å². The Morgan fingerprint density at radius 3 is 2.37 bits per heavy atom. The van der Waals surface area contributed by atoms with Crippen LogP contribution in [0.5, 0.6) is 0 Å². The van der Waals surface area contributed by atoms with Crippen molar-refractivity contribution < 1.29 is 4.39 Å². The molecule has 0 radical (unpaired) electrons. The largest absolute Gasteiger partial charge is 0.324 e. The first-order valence-electron chi connectivity index (χ1n) is 6.65. The summed E-state index contributed by atoms with van der Waals surface area (Å²) < 4.78 is 15.8. The van der Waals surface area contributed by atoms with Gasteiger partial charge >= 0.3 is 0 Å². The zero-order chi connectivity index (χ0) is 14.3. The van der Waals surface area contributed by atoms with E-state index in [9.17, 15) is 4.39 Å². The quantitative estimate of drug-likeness (QED) is 0.724. The second-order valence-electron chi connectivity index (χ2n) is 5.53. The zero-order valence-corrected chi connectivity index (χ0v) is 12.8. The molecular formula is C15H20ClFN2. The maximum absolute atomic E-state index is 13.7. The summed E-state index contributed by atoms with van der Waals surface area (Å²) in [5.41, 5.74) is 2.28. The molecular weight excluding hydrogens is 263 g/mol. The number of aromatic nitrogens is 2. The van der Waals surface area contributed by atoms with E-state index in [1.165, 1.54) is 6.07 Å². The number of fused-ring (bicyclic) bond motifs is 1. The molecule has 2 nitrogen and oxygen atoms in total. The minimum Gasteiger partial charge on any atom is -0.324 e. The van der Waals surface area contributed by atoms with Crippen molar-refractivity contribution in [2.75, 3.05) is 0 Å². The standard InChI is InChI=1S/C15H20ClFN2/c1-8(2)11(5)19-14-6-9(3)12(17)7-13(14)18-15(19)10(4)16/h6-8,10-11H,1-5H3. The van der Waals surface area contributed by atoms with Gasteiger partial charge in [-0.25, -0.2) is 9.37 Å². The molecule has 0 N–H and O–H groups in total. The van der Waals surface area contributed by atoms with Crippen molar-refractivity contribution in [2.45, 2.75) is 46.0 Å². The summed E-state index contributed by atoms with van der Waals surface area (Å²) in [6, 6.07) is 3.63. The van der Waals surface area contributed by atoms with Gasteiger partial charge in [0.2, 0.25) is 0 Å². The lowest BCUT2D eigenvalue weighted by Crippen LogP contribution is -2.15. The van der Waals surface area contributed by atoms with Crippen molar-refractivity contribution in [1.82, 2.24) is 9.55 Å². The lowest BCUT2D eigenvalue weighted by Gasteiger charge is -2.22. The normalized spacial score (nSPS) is 15.2. The Morgan fingerprint density at radius 2 is 1.84 bits per heavy atom. The van der Waals surface area contributed by atoms with E-state index in [1.807, 2.05) is 13.0 Å². The molecule has 1 aromatic carbocycles. The maximum atomic E-state index is 13.7. The van der Waals surface area contributed by atoms with Crippen molar-refractivity contribution in [1.29, 1.82) is 0 Å². The van der Waals surface area contributed by atoms with Crippen LogP contribution >= 0.6 is 11.6 Å². The molecule has 19 heavy (non-hydrogen) atoms. The summed E-state index contributed by atoms with van der Waals surface area (Å²) in [4.78, 5) is 4.51. The van der Waals surface area contributed by atoms with Gasteiger partial charge in [-0.1, -0.05) is 13.8 Å². The van der Waals surface area contributed by atoms with E-state index in [-0.39, 0.29) is 17.2 Å². The highest BCUT2D eigenvalue weighted by Crippen LogP contribution is 2.31. The summed E-state index contributed by atoms with van der Waals surface area (Å²) in [5.74, 6) is 1.04. The first-order chi connectivity index (χ1) is 8.82. The van der Waals surface area contributed by atoms with Crippen molar-refractivity contribution in [3.05, 3.63) is 29.3 Å². The molecule has 0 aliphatic rings. The van der Waals surface area contributed by atoms with E-state index in [4.69, 9.17) is 11.6 Å². The molecule has 0 aliphatic carbocycles. The van der Waals surface area contributed by atoms with Gasteiger partial charge in [-0.2, -0.15) is 0 Å². The van der Waals surface area contributed by atoms with Gasteiger partial charge in [0, 0.05) is 12.1 Å². The minimum absolute atomic E-state index is 0.197. The summed E-state index contributed by atoms with van der Waals surface area (Å²) in [5, 5.41) is -0.197. The Balaban J connectivity index is 2.76. The third kappa shape index (κ3) is 2.48. The average Bonchev–Trinajstić information content (AvgIpc) is 2.67. The number of nitrogens with zero attached hydrogens (tertiary/aromatic N) is 2. The number of hydrogen-bond donors (Lipinski definition) is 0. The fourth-order valence-electron chi connectivity index (χ4n) is 2.25. The van der Waals surface area contributed by atoms with Crippen molar-refractivity contribution >= 4 is 22.6 Å². The highest BCUT2D eigenvalue weighted by atomic mass is 35.5. The first kappa shape index (κ1) is 14.3. The second-order valence-corrected chi connectivity index (χ2v) is 6.19. The SMILES string of the molecule is Cc1cc2c(cc1F)nc(C(C)Cl)n2C(C)C(C)C. The summed E-state index contributed by atoms with van der Waals surface area (Å²) in [6.45, 7) is 10.1. The zero-order valence-electron chi connectivity index (χ0n) is 12.0. The van der Waals surface area contributed by atoms with Gasteiger partial charge < -0.3 is 4.57 Å². The van der Waals surface area contributed by atoms with Crippen LogP contribution in [-0.2, 0) is 0 Å².